The molecular formula is C9H13N3O2. The Hall–Kier alpha value is -1.49. The quantitative estimate of drug-likeness (QED) is 0.679. The lowest BCUT2D eigenvalue weighted by Crippen LogP contribution is -2.34. The minimum absolute atomic E-state index is 0.340. The number of hydrogen-bond acceptors (Lipinski definition) is 5. The molecule has 0 aromatic carbocycles. The summed E-state index contributed by atoms with van der Waals surface area (Å²) in [6, 6.07) is -0.661. The Bertz CT molecular complexity index is 289. The van der Waals surface area contributed by atoms with E-state index in [1.165, 1.54) is 0 Å². The smallest absolute Gasteiger partial charge is 0.323 e. The molecule has 1 rings (SSSR count). The number of aromatic nitrogens is 2. The molecule has 0 aliphatic carbocycles. The molecule has 2 N–H and O–H groups in total. The Kier molecular flexibility index (Phi) is 4.00. The molecule has 0 amide bonds. The second-order valence-electron chi connectivity index (χ2n) is 2.76. The number of rotatable bonds is 4. The van der Waals surface area contributed by atoms with E-state index >= 15 is 0 Å². The Balaban J connectivity index is 2.49. The molecule has 1 aromatic rings. The summed E-state index contributed by atoms with van der Waals surface area (Å²) < 4.78 is 4.76. The van der Waals surface area contributed by atoms with E-state index in [-0.39, 0.29) is 0 Å². The molecule has 0 unspecified atom stereocenters. The van der Waals surface area contributed by atoms with Crippen molar-refractivity contribution in [2.24, 2.45) is 5.73 Å². The topological polar surface area (TPSA) is 78.1 Å². The number of carbonyl (C=O) groups is 1. The Morgan fingerprint density at radius 1 is 1.64 bits per heavy atom. The van der Waals surface area contributed by atoms with Crippen LogP contribution < -0.4 is 5.73 Å². The fraction of sp³-hybridized carbons (Fsp3) is 0.444. The monoisotopic (exact) mass is 195 g/mol. The van der Waals surface area contributed by atoms with Crippen LogP contribution in [0.1, 0.15) is 12.6 Å². The summed E-state index contributed by atoms with van der Waals surface area (Å²) >= 11 is 0. The van der Waals surface area contributed by atoms with Crippen LogP contribution in [0.25, 0.3) is 0 Å². The Morgan fingerprint density at radius 2 is 2.43 bits per heavy atom. The number of ether oxygens (including phenoxy) is 1. The van der Waals surface area contributed by atoms with Crippen LogP contribution in [0.4, 0.5) is 0 Å². The van der Waals surface area contributed by atoms with E-state index in [9.17, 15) is 4.79 Å². The Morgan fingerprint density at radius 3 is 3.00 bits per heavy atom. The van der Waals surface area contributed by atoms with Crippen molar-refractivity contribution in [3.05, 3.63) is 24.3 Å². The van der Waals surface area contributed by atoms with Crippen molar-refractivity contribution < 1.29 is 9.53 Å². The molecule has 14 heavy (non-hydrogen) atoms. The summed E-state index contributed by atoms with van der Waals surface area (Å²) in [7, 11) is 0. The van der Waals surface area contributed by atoms with Gasteiger partial charge in [0.2, 0.25) is 0 Å². The maximum atomic E-state index is 11.2. The van der Waals surface area contributed by atoms with Gasteiger partial charge in [-0.3, -0.25) is 14.8 Å². The summed E-state index contributed by atoms with van der Waals surface area (Å²) in [5.41, 5.74) is 6.28. The van der Waals surface area contributed by atoms with Crippen LogP contribution in [0.5, 0.6) is 0 Å². The van der Waals surface area contributed by atoms with Gasteiger partial charge >= 0.3 is 5.97 Å². The number of nitrogens with two attached hydrogens (primary N) is 1. The molecule has 1 aromatic heterocycles. The third kappa shape index (κ3) is 3.10. The van der Waals surface area contributed by atoms with Crippen molar-refractivity contribution in [1.82, 2.24) is 9.97 Å². The molecule has 0 saturated carbocycles. The van der Waals surface area contributed by atoms with Gasteiger partial charge in [-0.2, -0.15) is 0 Å². The zero-order chi connectivity index (χ0) is 10.4. The van der Waals surface area contributed by atoms with Gasteiger partial charge in [0.25, 0.3) is 0 Å². The molecule has 1 atom stereocenters. The van der Waals surface area contributed by atoms with Gasteiger partial charge in [0.1, 0.15) is 6.04 Å². The lowest BCUT2D eigenvalue weighted by molar-refractivity contribution is -0.144. The van der Waals surface area contributed by atoms with Crippen molar-refractivity contribution >= 4 is 5.97 Å². The van der Waals surface area contributed by atoms with Crippen molar-refractivity contribution in [3.63, 3.8) is 0 Å². The molecule has 0 aliphatic rings. The molecule has 0 saturated heterocycles. The summed E-state index contributed by atoms with van der Waals surface area (Å²) in [5.74, 6) is -0.404. The van der Waals surface area contributed by atoms with E-state index < -0.39 is 12.0 Å². The predicted molar refractivity (Wildman–Crippen MR) is 50.3 cm³/mol. The highest BCUT2D eigenvalue weighted by Crippen LogP contribution is 1.97. The third-order valence-corrected chi connectivity index (χ3v) is 1.64. The van der Waals surface area contributed by atoms with Gasteiger partial charge in [0, 0.05) is 25.0 Å². The van der Waals surface area contributed by atoms with Crippen molar-refractivity contribution in [1.29, 1.82) is 0 Å². The highest BCUT2D eigenvalue weighted by molar-refractivity contribution is 5.75. The van der Waals surface area contributed by atoms with E-state index in [2.05, 4.69) is 9.97 Å². The first-order valence-electron chi connectivity index (χ1n) is 4.41. The standard InChI is InChI=1S/C9H13N3O2/c1-2-14-9(13)8(10)5-7-6-11-3-4-12-7/h3-4,6,8H,2,5,10H2,1H3/t8-/m0/s1. The highest BCUT2D eigenvalue weighted by Gasteiger charge is 2.15. The molecule has 1 heterocycles. The van der Waals surface area contributed by atoms with Crippen LogP contribution >= 0.6 is 0 Å². The van der Waals surface area contributed by atoms with Crippen LogP contribution in [-0.2, 0) is 16.0 Å². The molecule has 76 valence electrons. The second-order valence-corrected chi connectivity index (χ2v) is 2.76. The first-order valence-corrected chi connectivity index (χ1v) is 4.41. The maximum Gasteiger partial charge on any atom is 0.323 e. The maximum absolute atomic E-state index is 11.2. The van der Waals surface area contributed by atoms with Gasteiger partial charge in [-0.15, -0.1) is 0 Å². The third-order valence-electron chi connectivity index (χ3n) is 1.64. The zero-order valence-corrected chi connectivity index (χ0v) is 8.01. The lowest BCUT2D eigenvalue weighted by atomic mass is 10.2. The number of hydrogen-bond donors (Lipinski definition) is 1. The SMILES string of the molecule is CCOC(=O)[C@@H](N)Cc1cnccn1. The normalized spacial score (nSPS) is 12.1. The Labute approximate surface area is 82.3 Å². The molecule has 5 nitrogen and oxygen atoms in total. The number of esters is 1. The van der Waals surface area contributed by atoms with Crippen LogP contribution in [0.2, 0.25) is 0 Å². The molecule has 5 heteroatoms. The van der Waals surface area contributed by atoms with Crippen LogP contribution in [0, 0.1) is 0 Å². The van der Waals surface area contributed by atoms with Crippen molar-refractivity contribution in [2.45, 2.75) is 19.4 Å². The molecule has 0 aliphatic heterocycles. The molecule has 0 bridgehead atoms. The van der Waals surface area contributed by atoms with Crippen LogP contribution in [0.3, 0.4) is 0 Å². The van der Waals surface area contributed by atoms with E-state index in [4.69, 9.17) is 10.5 Å². The average Bonchev–Trinajstić information content (AvgIpc) is 2.19. The van der Waals surface area contributed by atoms with Crippen LogP contribution in [0.15, 0.2) is 18.6 Å². The van der Waals surface area contributed by atoms with E-state index in [1.807, 2.05) is 0 Å². The van der Waals surface area contributed by atoms with Crippen LogP contribution in [-0.4, -0.2) is 28.6 Å². The molecule has 0 radical (unpaired) electrons. The minimum atomic E-state index is -0.661. The summed E-state index contributed by atoms with van der Waals surface area (Å²) in [5, 5.41) is 0. The van der Waals surface area contributed by atoms with Crippen molar-refractivity contribution in [2.75, 3.05) is 6.61 Å². The van der Waals surface area contributed by atoms with Crippen molar-refractivity contribution in [3.8, 4) is 0 Å². The van der Waals surface area contributed by atoms with Gasteiger partial charge in [-0.25, -0.2) is 0 Å². The van der Waals surface area contributed by atoms with Gasteiger partial charge in [0.15, 0.2) is 0 Å². The predicted octanol–water partition coefficient (Wildman–Crippen LogP) is -0.0905. The minimum Gasteiger partial charge on any atom is -0.465 e. The fourth-order valence-electron chi connectivity index (χ4n) is 0.993. The largest absolute Gasteiger partial charge is 0.465 e. The summed E-state index contributed by atoms with van der Waals surface area (Å²) in [6.45, 7) is 2.08. The average molecular weight is 195 g/mol. The van der Waals surface area contributed by atoms with Gasteiger partial charge in [-0.1, -0.05) is 0 Å². The first kappa shape index (κ1) is 10.6. The highest BCUT2D eigenvalue weighted by atomic mass is 16.5. The molecule has 0 fully saturated rings. The zero-order valence-electron chi connectivity index (χ0n) is 8.01. The molecule has 0 spiro atoms. The number of nitrogens with zero attached hydrogens (tertiary/aromatic N) is 2. The van der Waals surface area contributed by atoms with E-state index in [0.29, 0.717) is 18.7 Å². The molecular weight excluding hydrogens is 182 g/mol. The van der Waals surface area contributed by atoms with E-state index in [0.717, 1.165) is 0 Å². The summed E-state index contributed by atoms with van der Waals surface area (Å²) in [6.07, 6.45) is 5.07. The van der Waals surface area contributed by atoms with Gasteiger partial charge in [0.05, 0.1) is 12.3 Å². The summed E-state index contributed by atoms with van der Waals surface area (Å²) in [4.78, 5) is 19.0. The first-order chi connectivity index (χ1) is 6.74. The lowest BCUT2D eigenvalue weighted by Gasteiger charge is -2.08. The number of carbonyl (C=O) groups excluding carboxylic acids is 1. The fourth-order valence-corrected chi connectivity index (χ4v) is 0.993. The van der Waals surface area contributed by atoms with Gasteiger partial charge in [-0.05, 0) is 6.92 Å². The second kappa shape index (κ2) is 5.29. The van der Waals surface area contributed by atoms with Gasteiger partial charge < -0.3 is 10.5 Å². The van der Waals surface area contributed by atoms with E-state index in [1.54, 1.807) is 25.5 Å².